The van der Waals surface area contributed by atoms with Crippen molar-refractivity contribution in [1.29, 1.82) is 0 Å². The first-order valence-corrected chi connectivity index (χ1v) is 6.30. The number of hydrogen-bond donors (Lipinski definition) is 2. The summed E-state index contributed by atoms with van der Waals surface area (Å²) >= 11 is 1.62. The third kappa shape index (κ3) is 1.66. The third-order valence-electron chi connectivity index (χ3n) is 2.75. The predicted molar refractivity (Wildman–Crippen MR) is 72.4 cm³/mol. The van der Waals surface area contributed by atoms with Gasteiger partial charge in [0.1, 0.15) is 10.6 Å². The quantitative estimate of drug-likeness (QED) is 0.547. The van der Waals surface area contributed by atoms with Crippen LogP contribution in [0.25, 0.3) is 21.6 Å². The summed E-state index contributed by atoms with van der Waals surface area (Å²) in [5.41, 5.74) is 3.52. The highest BCUT2D eigenvalue weighted by atomic mass is 32.1. The summed E-state index contributed by atoms with van der Waals surface area (Å²) in [5.74, 6) is 7.59. The first-order valence-electron chi connectivity index (χ1n) is 5.48. The highest BCUT2D eigenvalue weighted by Crippen LogP contribution is 2.31. The smallest absolute Gasteiger partial charge is 0.166 e. The number of aryl methyl sites for hydroxylation is 2. The van der Waals surface area contributed by atoms with Crippen molar-refractivity contribution < 1.29 is 4.42 Å². The Morgan fingerprint density at radius 3 is 2.83 bits per heavy atom. The highest BCUT2D eigenvalue weighted by Gasteiger charge is 2.13. The molecular weight excluding hydrogens is 248 g/mol. The molecule has 3 aromatic heterocycles. The summed E-state index contributed by atoms with van der Waals surface area (Å²) in [6.07, 6.45) is 1.63. The lowest BCUT2D eigenvalue weighted by Crippen LogP contribution is -2.09. The van der Waals surface area contributed by atoms with E-state index in [-0.39, 0.29) is 0 Å². The van der Waals surface area contributed by atoms with Crippen LogP contribution < -0.4 is 11.3 Å². The molecule has 0 aromatic carbocycles. The summed E-state index contributed by atoms with van der Waals surface area (Å²) in [6.45, 7) is 3.92. The van der Waals surface area contributed by atoms with Crippen LogP contribution in [0, 0.1) is 13.8 Å². The number of thiophene rings is 1. The average molecular weight is 260 g/mol. The molecule has 5 nitrogen and oxygen atoms in total. The Morgan fingerprint density at radius 2 is 2.17 bits per heavy atom. The molecule has 0 unspecified atom stereocenters. The van der Waals surface area contributed by atoms with Crippen molar-refractivity contribution in [3.63, 3.8) is 0 Å². The molecule has 18 heavy (non-hydrogen) atoms. The Hall–Kier alpha value is -1.92. The van der Waals surface area contributed by atoms with E-state index >= 15 is 0 Å². The molecule has 92 valence electrons. The number of nitrogen functional groups attached to an aromatic ring is 1. The van der Waals surface area contributed by atoms with Crippen LogP contribution in [0.1, 0.15) is 10.6 Å². The van der Waals surface area contributed by atoms with Crippen LogP contribution in [0.15, 0.2) is 22.8 Å². The minimum atomic E-state index is 0.628. The number of nitrogens with zero attached hydrogens (tertiary/aromatic N) is 2. The minimum Gasteiger partial charge on any atom is -0.469 e. The molecule has 3 heterocycles. The highest BCUT2D eigenvalue weighted by molar-refractivity contribution is 7.18. The van der Waals surface area contributed by atoms with Crippen LogP contribution in [0.4, 0.5) is 5.82 Å². The van der Waals surface area contributed by atoms with Crippen molar-refractivity contribution in [3.05, 3.63) is 29.0 Å². The molecule has 0 radical (unpaired) electrons. The molecule has 0 amide bonds. The van der Waals surface area contributed by atoms with Crippen LogP contribution >= 0.6 is 11.3 Å². The number of hydrogen-bond acceptors (Lipinski definition) is 6. The van der Waals surface area contributed by atoms with Crippen LogP contribution in [-0.4, -0.2) is 9.97 Å². The van der Waals surface area contributed by atoms with E-state index in [1.165, 1.54) is 4.88 Å². The average Bonchev–Trinajstić information content (AvgIpc) is 2.92. The molecule has 3 N–H and O–H groups in total. The zero-order chi connectivity index (χ0) is 12.7. The summed E-state index contributed by atoms with van der Waals surface area (Å²) in [5, 5.41) is 0.949. The van der Waals surface area contributed by atoms with Gasteiger partial charge in [-0.25, -0.2) is 15.8 Å². The lowest BCUT2D eigenvalue weighted by Gasteiger charge is -2.04. The van der Waals surface area contributed by atoms with Crippen LogP contribution in [0.2, 0.25) is 0 Å². The van der Waals surface area contributed by atoms with E-state index in [4.69, 9.17) is 10.3 Å². The number of aromatic nitrogens is 2. The standard InChI is InChI=1S/C12H12N4OS/c1-6-5-9-11(16-13)14-10(15-12(9)18-6)8-3-4-17-7(8)2/h3-5H,13H2,1-2H3,(H,14,15,16). The first-order chi connectivity index (χ1) is 8.69. The second-order valence-corrected chi connectivity index (χ2v) is 5.24. The number of fused-ring (bicyclic) bond motifs is 1. The Labute approximate surface area is 108 Å². The van der Waals surface area contributed by atoms with Crippen LogP contribution in [0.5, 0.6) is 0 Å². The molecule has 3 aromatic rings. The largest absolute Gasteiger partial charge is 0.469 e. The van der Waals surface area contributed by atoms with E-state index in [2.05, 4.69) is 15.4 Å². The fraction of sp³-hybridized carbons (Fsp3) is 0.167. The molecule has 0 aliphatic carbocycles. The maximum atomic E-state index is 5.53. The van der Waals surface area contributed by atoms with Gasteiger partial charge in [0.25, 0.3) is 0 Å². The van der Waals surface area contributed by atoms with Gasteiger partial charge >= 0.3 is 0 Å². The van der Waals surface area contributed by atoms with E-state index in [9.17, 15) is 0 Å². The summed E-state index contributed by atoms with van der Waals surface area (Å²) in [4.78, 5) is 11.1. The fourth-order valence-corrected chi connectivity index (χ4v) is 2.77. The first kappa shape index (κ1) is 11.2. The summed E-state index contributed by atoms with van der Waals surface area (Å²) < 4.78 is 5.28. The zero-order valence-electron chi connectivity index (χ0n) is 10.0. The van der Waals surface area contributed by atoms with Gasteiger partial charge in [-0.2, -0.15) is 0 Å². The van der Waals surface area contributed by atoms with Gasteiger partial charge in [0.2, 0.25) is 0 Å². The lowest BCUT2D eigenvalue weighted by molar-refractivity contribution is 0.535. The molecule has 0 fully saturated rings. The molecular formula is C12H12N4OS. The van der Waals surface area contributed by atoms with E-state index in [0.29, 0.717) is 11.6 Å². The van der Waals surface area contributed by atoms with Crippen molar-refractivity contribution in [1.82, 2.24) is 9.97 Å². The van der Waals surface area contributed by atoms with Gasteiger partial charge in [0.05, 0.1) is 17.2 Å². The molecule has 0 saturated carbocycles. The SMILES string of the molecule is Cc1cc2c(NN)nc(-c3ccoc3C)nc2s1. The molecule has 0 bridgehead atoms. The van der Waals surface area contributed by atoms with E-state index in [0.717, 1.165) is 21.5 Å². The van der Waals surface area contributed by atoms with Gasteiger partial charge in [-0.05, 0) is 26.0 Å². The van der Waals surface area contributed by atoms with E-state index in [1.54, 1.807) is 17.6 Å². The van der Waals surface area contributed by atoms with Crippen LogP contribution in [0.3, 0.4) is 0 Å². The Balaban J connectivity index is 2.28. The van der Waals surface area contributed by atoms with E-state index in [1.807, 2.05) is 26.0 Å². The predicted octanol–water partition coefficient (Wildman–Crippen LogP) is 2.85. The second-order valence-electron chi connectivity index (χ2n) is 4.01. The maximum absolute atomic E-state index is 5.53. The van der Waals surface area contributed by atoms with Gasteiger partial charge < -0.3 is 9.84 Å². The van der Waals surface area contributed by atoms with Crippen molar-refractivity contribution in [3.8, 4) is 11.4 Å². The van der Waals surface area contributed by atoms with E-state index < -0.39 is 0 Å². The monoisotopic (exact) mass is 260 g/mol. The normalized spacial score (nSPS) is 11.1. The Kier molecular flexibility index (Phi) is 2.53. The van der Waals surface area contributed by atoms with Crippen molar-refractivity contribution in [2.45, 2.75) is 13.8 Å². The van der Waals surface area contributed by atoms with Crippen molar-refractivity contribution in [2.24, 2.45) is 5.84 Å². The molecule has 0 atom stereocenters. The number of nitrogens with two attached hydrogens (primary N) is 1. The third-order valence-corrected chi connectivity index (χ3v) is 3.70. The molecule has 0 spiro atoms. The molecule has 0 saturated heterocycles. The summed E-state index contributed by atoms with van der Waals surface area (Å²) in [6, 6.07) is 3.89. The summed E-state index contributed by atoms with van der Waals surface area (Å²) in [7, 11) is 0. The lowest BCUT2D eigenvalue weighted by atomic mass is 10.2. The fourth-order valence-electron chi connectivity index (χ4n) is 1.89. The van der Waals surface area contributed by atoms with Gasteiger partial charge in [0.15, 0.2) is 11.6 Å². The molecule has 0 aliphatic rings. The molecule has 6 heteroatoms. The van der Waals surface area contributed by atoms with Gasteiger partial charge in [0, 0.05) is 4.88 Å². The topological polar surface area (TPSA) is 77.0 Å². The minimum absolute atomic E-state index is 0.628. The number of anilines is 1. The van der Waals surface area contributed by atoms with Gasteiger partial charge in [-0.1, -0.05) is 0 Å². The Bertz CT molecular complexity index is 716. The number of hydrazine groups is 1. The molecule has 3 rings (SSSR count). The number of rotatable bonds is 2. The Morgan fingerprint density at radius 1 is 1.33 bits per heavy atom. The maximum Gasteiger partial charge on any atom is 0.166 e. The molecule has 0 aliphatic heterocycles. The van der Waals surface area contributed by atoms with Gasteiger partial charge in [-0.3, -0.25) is 0 Å². The number of furan rings is 1. The second kappa shape index (κ2) is 4.08. The van der Waals surface area contributed by atoms with Gasteiger partial charge in [-0.15, -0.1) is 11.3 Å². The van der Waals surface area contributed by atoms with Crippen molar-refractivity contribution >= 4 is 27.4 Å². The van der Waals surface area contributed by atoms with Crippen LogP contribution in [-0.2, 0) is 0 Å². The number of nitrogens with one attached hydrogen (secondary N) is 1. The van der Waals surface area contributed by atoms with Crippen molar-refractivity contribution in [2.75, 3.05) is 5.43 Å². The zero-order valence-corrected chi connectivity index (χ0v) is 10.8.